The zero-order chi connectivity index (χ0) is 10.6. The van der Waals surface area contributed by atoms with Gasteiger partial charge in [0.25, 0.3) is 0 Å². The van der Waals surface area contributed by atoms with Crippen LogP contribution >= 0.6 is 33.4 Å². The Balaban J connectivity index is 2.97. The van der Waals surface area contributed by atoms with E-state index in [1.807, 2.05) is 0 Å². The Morgan fingerprint density at radius 3 is 2.93 bits per heavy atom. The van der Waals surface area contributed by atoms with Crippen LogP contribution in [0, 0.1) is 11.3 Å². The van der Waals surface area contributed by atoms with Crippen molar-refractivity contribution < 1.29 is 9.53 Å². The zero-order valence-corrected chi connectivity index (χ0v) is 9.50. The van der Waals surface area contributed by atoms with Gasteiger partial charge in [0, 0.05) is 0 Å². The minimum atomic E-state index is -0.659. The normalized spacial score (nSPS) is 18.5. The number of carbonyl (C=O) groups excluding carboxylic acids is 1. The summed E-state index contributed by atoms with van der Waals surface area (Å²) in [5, 5.41) is 8.93. The summed E-state index contributed by atoms with van der Waals surface area (Å²) in [7, 11) is 2.30. The first-order valence-electron chi connectivity index (χ1n) is 3.59. The summed E-state index contributed by atoms with van der Waals surface area (Å²) >= 11 is 5.69. The Morgan fingerprint density at radius 1 is 1.79 bits per heavy atom. The highest BCUT2D eigenvalue weighted by molar-refractivity contribution is 8.78. The summed E-state index contributed by atoms with van der Waals surface area (Å²) in [5.41, 5.74) is -0.0874. The first kappa shape index (κ1) is 11.4. The van der Waals surface area contributed by atoms with Crippen LogP contribution in [-0.4, -0.2) is 17.7 Å². The van der Waals surface area contributed by atoms with E-state index in [0.717, 1.165) is 11.0 Å². The molecule has 0 amide bonds. The molecule has 0 unspecified atom stereocenters. The highest BCUT2D eigenvalue weighted by atomic mass is 35.5. The van der Waals surface area contributed by atoms with Crippen LogP contribution in [0.15, 0.2) is 14.9 Å². The maximum Gasteiger partial charge on any atom is 0.350 e. The minimum Gasteiger partial charge on any atom is -0.462 e. The Morgan fingerprint density at radius 2 is 2.50 bits per heavy atom. The van der Waals surface area contributed by atoms with E-state index in [4.69, 9.17) is 21.6 Å². The number of carbonyl (C=O) groups is 1. The Kier molecular flexibility index (Phi) is 4.32. The van der Waals surface area contributed by atoms with Gasteiger partial charge in [0.1, 0.15) is 6.07 Å². The van der Waals surface area contributed by atoms with Crippen molar-refractivity contribution in [2.45, 2.75) is 6.92 Å². The van der Waals surface area contributed by atoms with Crippen molar-refractivity contribution in [2.75, 3.05) is 6.61 Å². The molecule has 0 saturated heterocycles. The second-order valence-corrected chi connectivity index (χ2v) is 4.29. The van der Waals surface area contributed by atoms with Gasteiger partial charge in [-0.15, -0.1) is 0 Å². The molecule has 0 aromatic rings. The lowest BCUT2D eigenvalue weighted by Gasteiger charge is -2.01. The fourth-order valence-electron chi connectivity index (χ4n) is 0.702. The first-order valence-corrected chi connectivity index (χ1v) is 6.08. The Labute approximate surface area is 93.9 Å². The van der Waals surface area contributed by atoms with Crippen molar-refractivity contribution in [3.8, 4) is 6.07 Å². The van der Waals surface area contributed by atoms with Crippen molar-refractivity contribution in [3.05, 3.63) is 10.5 Å². The molecule has 1 heterocycles. The van der Waals surface area contributed by atoms with Crippen LogP contribution in [0.4, 0.5) is 0 Å². The van der Waals surface area contributed by atoms with Crippen LogP contribution in [0.1, 0.15) is 6.92 Å². The van der Waals surface area contributed by atoms with E-state index in [1.165, 1.54) is 10.8 Å². The molecule has 0 aromatic carbocycles. The second-order valence-electron chi connectivity index (χ2n) is 2.08. The number of ether oxygens (including phenoxy) is 1. The fraction of sp³-hybridized carbons (Fsp3) is 0.286. The molecule has 0 aliphatic carbocycles. The smallest absolute Gasteiger partial charge is 0.350 e. The topological polar surface area (TPSA) is 62.5 Å². The predicted molar refractivity (Wildman–Crippen MR) is 57.7 cm³/mol. The van der Waals surface area contributed by atoms with Crippen molar-refractivity contribution >= 4 is 44.5 Å². The van der Waals surface area contributed by atoms with E-state index in [2.05, 4.69) is 4.40 Å². The molecule has 0 bridgehead atoms. The SMILES string of the molecule is CCOC(=O)/C(C#N)=C1\SSN=C1Cl. The van der Waals surface area contributed by atoms with E-state index in [1.54, 1.807) is 13.0 Å². The van der Waals surface area contributed by atoms with Crippen LogP contribution in [0.5, 0.6) is 0 Å². The first-order chi connectivity index (χ1) is 6.70. The number of hydrogen-bond acceptors (Lipinski definition) is 6. The summed E-state index contributed by atoms with van der Waals surface area (Å²) in [6.45, 7) is 1.90. The monoisotopic (exact) mass is 248 g/mol. The number of allylic oxidation sites excluding steroid dienone is 1. The minimum absolute atomic E-state index is 0.0874. The lowest BCUT2D eigenvalue weighted by Crippen LogP contribution is -2.09. The van der Waals surface area contributed by atoms with Crippen molar-refractivity contribution in [1.29, 1.82) is 5.26 Å². The molecule has 0 spiro atoms. The standard InChI is InChI=1S/C7H5ClN2O2S2/c1-2-12-7(11)4(3-9)5-6(8)10-14-13-5/h2H2,1H3/b5-4-. The molecule has 0 N–H and O–H groups in total. The molecule has 1 aliphatic heterocycles. The predicted octanol–water partition coefficient (Wildman–Crippen LogP) is 2.27. The molecule has 1 rings (SSSR count). The third-order valence-corrected chi connectivity index (χ3v) is 3.57. The third kappa shape index (κ3) is 2.44. The van der Waals surface area contributed by atoms with Crippen molar-refractivity contribution in [1.82, 2.24) is 0 Å². The number of nitrogens with zero attached hydrogens (tertiary/aromatic N) is 2. The lowest BCUT2D eigenvalue weighted by atomic mass is 10.3. The number of halogens is 1. The van der Waals surface area contributed by atoms with Gasteiger partial charge in [0.2, 0.25) is 0 Å². The van der Waals surface area contributed by atoms with Crippen LogP contribution in [0.25, 0.3) is 0 Å². The number of rotatable bonds is 2. The molecule has 0 radical (unpaired) electrons. The number of esters is 1. The number of nitriles is 1. The van der Waals surface area contributed by atoms with E-state index in [-0.39, 0.29) is 17.4 Å². The third-order valence-electron chi connectivity index (χ3n) is 1.24. The van der Waals surface area contributed by atoms with Crippen LogP contribution in [0.2, 0.25) is 0 Å². The second kappa shape index (κ2) is 5.29. The molecule has 0 fully saturated rings. The van der Waals surface area contributed by atoms with E-state index >= 15 is 0 Å². The van der Waals surface area contributed by atoms with Gasteiger partial charge < -0.3 is 4.74 Å². The van der Waals surface area contributed by atoms with E-state index < -0.39 is 5.97 Å². The van der Waals surface area contributed by atoms with Gasteiger partial charge in [-0.05, 0) is 17.7 Å². The van der Waals surface area contributed by atoms with E-state index in [9.17, 15) is 4.79 Å². The molecule has 74 valence electrons. The Hall–Kier alpha value is -0.640. The van der Waals surface area contributed by atoms with Gasteiger partial charge in [-0.25, -0.2) is 4.79 Å². The maximum atomic E-state index is 11.3. The highest BCUT2D eigenvalue weighted by Gasteiger charge is 2.24. The average molecular weight is 249 g/mol. The van der Waals surface area contributed by atoms with Gasteiger partial charge in [0.15, 0.2) is 10.7 Å². The van der Waals surface area contributed by atoms with Crippen molar-refractivity contribution in [2.24, 2.45) is 4.40 Å². The van der Waals surface area contributed by atoms with Crippen LogP contribution in [0.3, 0.4) is 0 Å². The summed E-state index contributed by atoms with van der Waals surface area (Å²) in [6.07, 6.45) is 0. The quantitative estimate of drug-likeness (QED) is 0.247. The summed E-state index contributed by atoms with van der Waals surface area (Å²) in [4.78, 5) is 11.6. The summed E-state index contributed by atoms with van der Waals surface area (Å²) in [6, 6.07) is 1.76. The van der Waals surface area contributed by atoms with Gasteiger partial charge in [0.05, 0.1) is 22.5 Å². The molecule has 7 heteroatoms. The molecule has 0 atom stereocenters. The summed E-state index contributed by atoms with van der Waals surface area (Å²) in [5.74, 6) is -0.659. The molecular weight excluding hydrogens is 244 g/mol. The Bertz CT molecular complexity index is 359. The zero-order valence-electron chi connectivity index (χ0n) is 7.11. The molecule has 0 aromatic heterocycles. The van der Waals surface area contributed by atoms with E-state index in [0.29, 0.717) is 4.91 Å². The highest BCUT2D eigenvalue weighted by Crippen LogP contribution is 2.42. The maximum absolute atomic E-state index is 11.3. The molecule has 14 heavy (non-hydrogen) atoms. The lowest BCUT2D eigenvalue weighted by molar-refractivity contribution is -0.138. The van der Waals surface area contributed by atoms with Gasteiger partial charge >= 0.3 is 5.97 Å². The van der Waals surface area contributed by atoms with Crippen molar-refractivity contribution in [3.63, 3.8) is 0 Å². The number of hydrogen-bond donors (Lipinski definition) is 0. The van der Waals surface area contributed by atoms with Gasteiger partial charge in [-0.1, -0.05) is 11.6 Å². The average Bonchev–Trinajstić information content (AvgIpc) is 2.54. The molecule has 0 saturated carbocycles. The van der Waals surface area contributed by atoms with Gasteiger partial charge in [-0.3, -0.25) is 0 Å². The van der Waals surface area contributed by atoms with Gasteiger partial charge in [-0.2, -0.15) is 9.66 Å². The molecule has 4 nitrogen and oxygen atoms in total. The van der Waals surface area contributed by atoms with Crippen LogP contribution < -0.4 is 0 Å². The largest absolute Gasteiger partial charge is 0.462 e. The molecular formula is C7H5ClN2O2S2. The fourth-order valence-corrected chi connectivity index (χ4v) is 2.97. The summed E-state index contributed by atoms with van der Waals surface area (Å²) < 4.78 is 8.47. The molecule has 1 aliphatic rings. The van der Waals surface area contributed by atoms with Crippen LogP contribution in [-0.2, 0) is 9.53 Å².